The van der Waals surface area contributed by atoms with Crippen LogP contribution in [0.25, 0.3) is 0 Å². The maximum atomic E-state index is 13.6. The zero-order chi connectivity index (χ0) is 62.1. The number of nitrogens with zero attached hydrogens (tertiary/aromatic N) is 1. The highest BCUT2D eigenvalue weighted by atomic mass is 31.2. The third kappa shape index (κ3) is 66.7. The maximum Gasteiger partial charge on any atom is 0.472 e. The van der Waals surface area contributed by atoms with Crippen LogP contribution < -0.4 is 5.32 Å². The van der Waals surface area contributed by atoms with Gasteiger partial charge in [-0.2, -0.15) is 0 Å². The predicted octanol–water partition coefficient (Wildman–Crippen LogP) is 24.0. The lowest BCUT2D eigenvalue weighted by molar-refractivity contribution is -0.870. The van der Waals surface area contributed by atoms with Gasteiger partial charge < -0.3 is 19.4 Å². The van der Waals surface area contributed by atoms with Gasteiger partial charge in [0.05, 0.1) is 33.8 Å². The second kappa shape index (κ2) is 65.4. The number of esters is 1. The summed E-state index contributed by atoms with van der Waals surface area (Å²) in [6.45, 7) is 7.09. The van der Waals surface area contributed by atoms with E-state index in [4.69, 9.17) is 13.8 Å². The molecule has 0 aliphatic rings. The highest BCUT2D eigenvalue weighted by Gasteiger charge is 2.30. The van der Waals surface area contributed by atoms with Crippen molar-refractivity contribution in [2.24, 2.45) is 0 Å². The molecule has 0 rings (SSSR count). The Morgan fingerprint density at radius 3 is 1.00 bits per heavy atom. The first-order valence-electron chi connectivity index (χ1n) is 37.7. The third-order valence-electron chi connectivity index (χ3n) is 17.4. The SMILES string of the molecule is CCCCCCCC/C=C/CCCCCCCCCCCCCCCCCC(=O)OC(/C=C/CCCCCCCCCCCCC)C(COP(=O)(O)OCC[N+](C)(C)C)NC(=O)CCCCCCCCCCCCCCCCCCCCCCC. The molecule has 0 aliphatic heterocycles. The van der Waals surface area contributed by atoms with Crippen LogP contribution in [0.15, 0.2) is 24.3 Å². The van der Waals surface area contributed by atoms with Crippen LogP contribution in [-0.2, 0) is 27.9 Å². The lowest BCUT2D eigenvalue weighted by Gasteiger charge is -2.27. The predicted molar refractivity (Wildman–Crippen MR) is 370 cm³/mol. The molecule has 85 heavy (non-hydrogen) atoms. The molecule has 0 aromatic rings. The number of ether oxygens (including phenoxy) is 1. The van der Waals surface area contributed by atoms with Crippen molar-refractivity contribution in [3.05, 3.63) is 24.3 Å². The summed E-state index contributed by atoms with van der Waals surface area (Å²) in [6.07, 6.45) is 80.6. The summed E-state index contributed by atoms with van der Waals surface area (Å²) in [7, 11) is 1.52. The molecule has 504 valence electrons. The monoisotopic (exact) mass is 1220 g/mol. The zero-order valence-corrected chi connectivity index (χ0v) is 58.8. The van der Waals surface area contributed by atoms with Crippen LogP contribution >= 0.6 is 7.82 Å². The summed E-state index contributed by atoms with van der Waals surface area (Å²) < 4.78 is 30.9. The largest absolute Gasteiger partial charge is 0.472 e. The van der Waals surface area contributed by atoms with Gasteiger partial charge in [0.2, 0.25) is 5.91 Å². The van der Waals surface area contributed by atoms with Gasteiger partial charge in [-0.3, -0.25) is 18.6 Å². The topological polar surface area (TPSA) is 111 Å². The molecule has 0 aromatic carbocycles. The smallest absolute Gasteiger partial charge is 0.456 e. The molecule has 0 fully saturated rings. The number of quaternary nitrogens is 1. The van der Waals surface area contributed by atoms with Crippen molar-refractivity contribution >= 4 is 19.7 Å². The number of nitrogens with one attached hydrogen (secondary N) is 1. The van der Waals surface area contributed by atoms with E-state index in [1.165, 1.54) is 302 Å². The van der Waals surface area contributed by atoms with Crippen LogP contribution in [0.4, 0.5) is 0 Å². The Morgan fingerprint density at radius 2 is 0.682 bits per heavy atom. The van der Waals surface area contributed by atoms with E-state index in [0.29, 0.717) is 23.9 Å². The van der Waals surface area contributed by atoms with Gasteiger partial charge in [0, 0.05) is 12.8 Å². The quantitative estimate of drug-likeness (QED) is 0.0205. The third-order valence-corrected chi connectivity index (χ3v) is 18.4. The molecule has 3 atom stereocenters. The average molecular weight is 1220 g/mol. The summed E-state index contributed by atoms with van der Waals surface area (Å²) in [5.74, 6) is -0.478. The molecule has 1 amide bonds. The van der Waals surface area contributed by atoms with Gasteiger partial charge in [0.25, 0.3) is 0 Å². The number of allylic oxidation sites excluding steroid dienone is 3. The summed E-state index contributed by atoms with van der Waals surface area (Å²) in [5.41, 5.74) is 0. The minimum absolute atomic E-state index is 0.0450. The van der Waals surface area contributed by atoms with Crippen LogP contribution in [-0.4, -0.2) is 74.3 Å². The first-order chi connectivity index (χ1) is 41.4. The highest BCUT2D eigenvalue weighted by molar-refractivity contribution is 7.47. The van der Waals surface area contributed by atoms with E-state index in [2.05, 4.69) is 44.3 Å². The molecule has 0 heterocycles. The van der Waals surface area contributed by atoms with Gasteiger partial charge >= 0.3 is 13.8 Å². The van der Waals surface area contributed by atoms with Gasteiger partial charge in [-0.1, -0.05) is 347 Å². The van der Waals surface area contributed by atoms with Gasteiger partial charge in [-0.15, -0.1) is 0 Å². The standard InChI is InChI=1S/C75H147N2O7P/c1-7-10-13-16-19-22-25-28-30-32-34-36-37-38-39-41-43-45-47-50-53-56-59-62-65-68-75(79)84-73(66-63-60-57-54-51-48-27-24-21-18-15-12-9-3)72(71-83-85(80,81)82-70-69-77(4,5)6)76-74(78)67-64-61-58-55-52-49-46-44-42-40-35-33-31-29-26-23-20-17-14-11-8-2/h28,30,63,66,72-73H,7-27,29,31-62,64-65,67-71H2,1-6H3,(H-,76,78,80,81)/p+1/b30-28+,66-63+. The molecule has 0 saturated carbocycles. The average Bonchev–Trinajstić information content (AvgIpc) is 3.48. The molecule has 0 spiro atoms. The minimum Gasteiger partial charge on any atom is -0.456 e. The summed E-state index contributed by atoms with van der Waals surface area (Å²) >= 11 is 0. The molecule has 10 heteroatoms. The highest BCUT2D eigenvalue weighted by Crippen LogP contribution is 2.43. The van der Waals surface area contributed by atoms with Crippen molar-refractivity contribution in [2.45, 2.75) is 405 Å². The molecular weight excluding hydrogens is 1070 g/mol. The van der Waals surface area contributed by atoms with E-state index in [-0.39, 0.29) is 25.1 Å². The number of hydrogen-bond donors (Lipinski definition) is 2. The zero-order valence-electron chi connectivity index (χ0n) is 57.9. The fraction of sp³-hybridized carbons (Fsp3) is 0.920. The second-order valence-electron chi connectivity index (χ2n) is 27.2. The van der Waals surface area contributed by atoms with E-state index < -0.39 is 20.0 Å². The van der Waals surface area contributed by atoms with Crippen molar-refractivity contribution in [3.63, 3.8) is 0 Å². The first-order valence-corrected chi connectivity index (χ1v) is 39.2. The first kappa shape index (κ1) is 83.5. The van der Waals surface area contributed by atoms with Gasteiger partial charge in [0.1, 0.15) is 19.3 Å². The van der Waals surface area contributed by atoms with Gasteiger partial charge in [-0.25, -0.2) is 4.57 Å². The molecule has 2 N–H and O–H groups in total. The molecular formula is C75H148N2O7P+. The van der Waals surface area contributed by atoms with E-state index >= 15 is 0 Å². The number of phosphoric acid groups is 1. The number of unbranched alkanes of at least 4 members (excludes halogenated alkanes) is 52. The Kier molecular flexibility index (Phi) is 64.3. The molecule has 0 radical (unpaired) electrons. The van der Waals surface area contributed by atoms with E-state index in [1.807, 2.05) is 27.2 Å². The Balaban J connectivity index is 5.00. The van der Waals surface area contributed by atoms with Crippen LogP contribution in [0.3, 0.4) is 0 Å². The molecule has 0 saturated heterocycles. The fourth-order valence-corrected chi connectivity index (χ4v) is 12.3. The van der Waals surface area contributed by atoms with Gasteiger partial charge in [0.15, 0.2) is 0 Å². The van der Waals surface area contributed by atoms with Crippen LogP contribution in [0.5, 0.6) is 0 Å². The second-order valence-corrected chi connectivity index (χ2v) is 28.6. The molecule has 3 unspecified atom stereocenters. The van der Waals surface area contributed by atoms with Crippen molar-refractivity contribution in [2.75, 3.05) is 40.9 Å². The number of phosphoric ester groups is 1. The Labute approximate surface area is 530 Å². The summed E-state index contributed by atoms with van der Waals surface area (Å²) in [6, 6.07) is -0.843. The number of rotatable bonds is 70. The number of hydrogen-bond acceptors (Lipinski definition) is 6. The number of carbonyl (C=O) groups is 2. The molecule has 9 nitrogen and oxygen atoms in total. The maximum absolute atomic E-state index is 13.6. The summed E-state index contributed by atoms with van der Waals surface area (Å²) in [4.78, 5) is 38.0. The normalized spacial score (nSPS) is 13.5. The Bertz CT molecular complexity index is 1500. The summed E-state index contributed by atoms with van der Waals surface area (Å²) in [5, 5.41) is 3.09. The number of carbonyl (C=O) groups excluding carboxylic acids is 2. The lowest BCUT2D eigenvalue weighted by Crippen LogP contribution is -2.47. The molecule has 0 aliphatic carbocycles. The fourth-order valence-electron chi connectivity index (χ4n) is 11.6. The van der Waals surface area contributed by atoms with Gasteiger partial charge in [-0.05, 0) is 57.4 Å². The van der Waals surface area contributed by atoms with Crippen LogP contribution in [0.2, 0.25) is 0 Å². The van der Waals surface area contributed by atoms with E-state index in [0.717, 1.165) is 57.8 Å². The van der Waals surface area contributed by atoms with E-state index in [1.54, 1.807) is 0 Å². The number of likely N-dealkylation sites (N-methyl/N-ethyl adjacent to an activating group) is 1. The van der Waals surface area contributed by atoms with Crippen molar-refractivity contribution in [1.82, 2.24) is 5.32 Å². The van der Waals surface area contributed by atoms with E-state index in [9.17, 15) is 19.0 Å². The van der Waals surface area contributed by atoms with Crippen molar-refractivity contribution in [3.8, 4) is 0 Å². The molecule has 0 aromatic heterocycles. The van der Waals surface area contributed by atoms with Crippen LogP contribution in [0.1, 0.15) is 393 Å². The molecule has 0 bridgehead atoms. The van der Waals surface area contributed by atoms with Crippen LogP contribution in [0, 0.1) is 0 Å². The van der Waals surface area contributed by atoms with Crippen molar-refractivity contribution < 1.29 is 37.3 Å². The lowest BCUT2D eigenvalue weighted by atomic mass is 10.0. The Hall–Kier alpha value is -1.51. The Morgan fingerprint density at radius 1 is 0.400 bits per heavy atom. The van der Waals surface area contributed by atoms with Crippen molar-refractivity contribution in [1.29, 1.82) is 0 Å². The minimum atomic E-state index is -4.45. The number of amides is 1.